The second-order valence-electron chi connectivity index (χ2n) is 3.17. The summed E-state index contributed by atoms with van der Waals surface area (Å²) < 4.78 is 37.8. The summed E-state index contributed by atoms with van der Waals surface area (Å²) in [5.41, 5.74) is -0.768. The molecule has 2 aromatic heterocycles. The quantitative estimate of drug-likeness (QED) is 0.587. The van der Waals surface area contributed by atoms with Crippen LogP contribution in [0.5, 0.6) is 0 Å². The van der Waals surface area contributed by atoms with E-state index in [0.717, 1.165) is 27.6 Å². The van der Waals surface area contributed by atoms with Gasteiger partial charge in [0.15, 0.2) is 5.16 Å². The van der Waals surface area contributed by atoms with E-state index in [2.05, 4.69) is 37.5 Å². The van der Waals surface area contributed by atoms with E-state index in [0.29, 0.717) is 10.2 Å². The van der Waals surface area contributed by atoms with Crippen molar-refractivity contribution >= 4 is 34.4 Å². The summed E-state index contributed by atoms with van der Waals surface area (Å²) >= 11 is 3.18. The van der Waals surface area contributed by atoms with Gasteiger partial charge >= 0.3 is 6.18 Å². The Bertz CT molecular complexity index is 528. The van der Waals surface area contributed by atoms with E-state index in [9.17, 15) is 13.2 Å². The number of nitrogens with zero attached hydrogens (tertiary/aromatic N) is 3. The summed E-state index contributed by atoms with van der Waals surface area (Å²) in [5.74, 6) is 0. The van der Waals surface area contributed by atoms with Crippen molar-refractivity contribution in [3.8, 4) is 0 Å². The molecule has 94 valence electrons. The van der Waals surface area contributed by atoms with E-state index in [1.165, 1.54) is 6.07 Å². The first-order valence-corrected chi connectivity index (χ1v) is 6.53. The number of alkyl halides is 3. The van der Waals surface area contributed by atoms with Crippen molar-refractivity contribution in [3.05, 3.63) is 39.9 Å². The lowest BCUT2D eigenvalue weighted by Crippen LogP contribution is -2.05. The lowest BCUT2D eigenvalue weighted by atomic mass is 10.3. The van der Waals surface area contributed by atoms with Gasteiger partial charge in [-0.1, -0.05) is 0 Å². The van der Waals surface area contributed by atoms with Crippen molar-refractivity contribution in [2.24, 2.45) is 0 Å². The van der Waals surface area contributed by atoms with Gasteiger partial charge in [0.05, 0.1) is 5.56 Å². The highest BCUT2D eigenvalue weighted by molar-refractivity contribution is 14.1. The molecule has 0 bridgehead atoms. The molecule has 0 amide bonds. The van der Waals surface area contributed by atoms with Crippen molar-refractivity contribution in [1.82, 2.24) is 15.0 Å². The van der Waals surface area contributed by atoms with Crippen LogP contribution >= 0.6 is 34.4 Å². The SMILES string of the molecule is FC(F)(F)c1ccc(Sc2ncc(I)cn2)nc1. The summed E-state index contributed by atoms with van der Waals surface area (Å²) in [4.78, 5) is 11.8. The van der Waals surface area contributed by atoms with Crippen LogP contribution in [0.2, 0.25) is 0 Å². The summed E-state index contributed by atoms with van der Waals surface area (Å²) in [6.07, 6.45) is -0.315. The van der Waals surface area contributed by atoms with Crippen LogP contribution in [-0.4, -0.2) is 15.0 Å². The second kappa shape index (κ2) is 5.39. The van der Waals surface area contributed by atoms with Crippen LogP contribution < -0.4 is 0 Å². The predicted octanol–water partition coefficient (Wildman–Crippen LogP) is 3.65. The maximum Gasteiger partial charge on any atom is 0.417 e. The number of halogens is 4. The van der Waals surface area contributed by atoms with Crippen LogP contribution in [0.4, 0.5) is 13.2 Å². The van der Waals surface area contributed by atoms with Gasteiger partial charge in [0, 0.05) is 22.2 Å². The monoisotopic (exact) mass is 383 g/mol. The van der Waals surface area contributed by atoms with E-state index < -0.39 is 11.7 Å². The molecular formula is C10H5F3IN3S. The minimum Gasteiger partial charge on any atom is -0.249 e. The smallest absolute Gasteiger partial charge is 0.249 e. The zero-order chi connectivity index (χ0) is 13.2. The Hall–Kier alpha value is -0.900. The van der Waals surface area contributed by atoms with Gasteiger partial charge in [-0.3, -0.25) is 0 Å². The fourth-order valence-electron chi connectivity index (χ4n) is 1.06. The number of aromatic nitrogens is 3. The molecule has 3 nitrogen and oxygen atoms in total. The third-order valence-electron chi connectivity index (χ3n) is 1.86. The molecule has 0 N–H and O–H groups in total. The lowest BCUT2D eigenvalue weighted by Gasteiger charge is -2.06. The fraction of sp³-hybridized carbons (Fsp3) is 0.100. The zero-order valence-electron chi connectivity index (χ0n) is 8.65. The van der Waals surface area contributed by atoms with E-state index in [1.54, 1.807) is 12.4 Å². The Morgan fingerprint density at radius 3 is 2.17 bits per heavy atom. The molecule has 0 saturated carbocycles. The van der Waals surface area contributed by atoms with E-state index in [-0.39, 0.29) is 0 Å². The third kappa shape index (κ3) is 3.55. The van der Waals surface area contributed by atoms with Gasteiger partial charge < -0.3 is 0 Å². The predicted molar refractivity (Wildman–Crippen MR) is 68.1 cm³/mol. The second-order valence-corrected chi connectivity index (χ2v) is 5.40. The van der Waals surface area contributed by atoms with Crippen LogP contribution in [0.3, 0.4) is 0 Å². The van der Waals surface area contributed by atoms with Gasteiger partial charge in [0.25, 0.3) is 0 Å². The zero-order valence-corrected chi connectivity index (χ0v) is 11.6. The Morgan fingerprint density at radius 2 is 1.67 bits per heavy atom. The van der Waals surface area contributed by atoms with Gasteiger partial charge in [-0.2, -0.15) is 13.2 Å². The maximum atomic E-state index is 12.3. The summed E-state index contributed by atoms with van der Waals surface area (Å²) in [5, 5.41) is 0.867. The minimum absolute atomic E-state index is 0.421. The first kappa shape index (κ1) is 13.5. The molecule has 0 atom stereocenters. The summed E-state index contributed by atoms with van der Waals surface area (Å²) in [7, 11) is 0. The lowest BCUT2D eigenvalue weighted by molar-refractivity contribution is -0.137. The first-order chi connectivity index (χ1) is 8.45. The highest BCUT2D eigenvalue weighted by atomic mass is 127. The van der Waals surface area contributed by atoms with E-state index in [1.807, 2.05) is 0 Å². The molecule has 0 unspecified atom stereocenters. The fourth-order valence-corrected chi connectivity index (χ4v) is 1.97. The molecule has 18 heavy (non-hydrogen) atoms. The molecule has 2 rings (SSSR count). The molecule has 0 aliphatic heterocycles. The largest absolute Gasteiger partial charge is 0.417 e. The molecule has 2 heterocycles. The van der Waals surface area contributed by atoms with Crippen molar-refractivity contribution in [2.75, 3.05) is 0 Å². The van der Waals surface area contributed by atoms with Gasteiger partial charge in [-0.15, -0.1) is 0 Å². The Kier molecular flexibility index (Phi) is 4.05. The number of hydrogen-bond donors (Lipinski definition) is 0. The number of hydrogen-bond acceptors (Lipinski definition) is 4. The van der Waals surface area contributed by atoms with Crippen LogP contribution in [0, 0.1) is 3.57 Å². The summed E-state index contributed by atoms with van der Waals surface area (Å²) in [6, 6.07) is 2.29. The Labute approximate surface area is 118 Å². The maximum absolute atomic E-state index is 12.3. The van der Waals surface area contributed by atoms with Gasteiger partial charge in [0.2, 0.25) is 0 Å². The van der Waals surface area contributed by atoms with Crippen molar-refractivity contribution < 1.29 is 13.2 Å². The van der Waals surface area contributed by atoms with Crippen molar-refractivity contribution in [2.45, 2.75) is 16.4 Å². The molecule has 0 radical (unpaired) electrons. The van der Waals surface area contributed by atoms with Crippen molar-refractivity contribution in [3.63, 3.8) is 0 Å². The third-order valence-corrected chi connectivity index (χ3v) is 3.26. The molecule has 0 saturated heterocycles. The molecule has 0 aliphatic carbocycles. The summed E-state index contributed by atoms with van der Waals surface area (Å²) in [6.45, 7) is 0. The Balaban J connectivity index is 2.13. The van der Waals surface area contributed by atoms with Crippen LogP contribution in [-0.2, 0) is 6.18 Å². The van der Waals surface area contributed by atoms with E-state index >= 15 is 0 Å². The number of rotatable bonds is 2. The molecule has 2 aromatic rings. The van der Waals surface area contributed by atoms with Crippen LogP contribution in [0.15, 0.2) is 40.9 Å². The average molecular weight is 383 g/mol. The molecule has 0 spiro atoms. The minimum atomic E-state index is -4.37. The molecule has 8 heteroatoms. The van der Waals surface area contributed by atoms with Crippen molar-refractivity contribution in [1.29, 1.82) is 0 Å². The highest BCUT2D eigenvalue weighted by Crippen LogP contribution is 2.30. The van der Waals surface area contributed by atoms with Gasteiger partial charge in [-0.25, -0.2) is 15.0 Å². The highest BCUT2D eigenvalue weighted by Gasteiger charge is 2.30. The molecule has 0 aliphatic rings. The van der Waals surface area contributed by atoms with Gasteiger partial charge in [0.1, 0.15) is 5.03 Å². The average Bonchev–Trinajstić information content (AvgIpc) is 2.32. The normalized spacial score (nSPS) is 11.6. The van der Waals surface area contributed by atoms with Crippen LogP contribution in [0.1, 0.15) is 5.56 Å². The molecular weight excluding hydrogens is 378 g/mol. The van der Waals surface area contributed by atoms with E-state index in [4.69, 9.17) is 0 Å². The standard InChI is InChI=1S/C10H5F3IN3S/c11-10(12,13)6-1-2-8(15-3-6)18-9-16-4-7(14)5-17-9/h1-5H. The Morgan fingerprint density at radius 1 is 1.00 bits per heavy atom. The van der Waals surface area contributed by atoms with Crippen LogP contribution in [0.25, 0.3) is 0 Å². The topological polar surface area (TPSA) is 38.7 Å². The van der Waals surface area contributed by atoms with Gasteiger partial charge in [-0.05, 0) is 46.5 Å². The molecule has 0 aromatic carbocycles. The number of pyridine rings is 1. The molecule has 0 fully saturated rings. The first-order valence-electron chi connectivity index (χ1n) is 4.64.